The van der Waals surface area contributed by atoms with Crippen molar-refractivity contribution in [1.82, 2.24) is 0 Å². The van der Waals surface area contributed by atoms with Crippen LogP contribution >= 0.6 is 0 Å². The van der Waals surface area contributed by atoms with Crippen molar-refractivity contribution >= 4 is 11.6 Å². The lowest BCUT2D eigenvalue weighted by atomic mass is 10.1. The zero-order valence-electron chi connectivity index (χ0n) is 11.7. The van der Waals surface area contributed by atoms with Gasteiger partial charge in [-0.1, -0.05) is 6.92 Å². The zero-order valence-corrected chi connectivity index (χ0v) is 11.7. The van der Waals surface area contributed by atoms with Crippen molar-refractivity contribution < 1.29 is 14.3 Å². The van der Waals surface area contributed by atoms with Crippen molar-refractivity contribution in [2.75, 3.05) is 32.2 Å². The Morgan fingerprint density at radius 3 is 2.74 bits per heavy atom. The Bertz CT molecular complexity index is 421. The molecule has 5 heteroatoms. The van der Waals surface area contributed by atoms with Gasteiger partial charge in [0.15, 0.2) is 0 Å². The minimum atomic E-state index is -0.197. The molecule has 0 saturated heterocycles. The van der Waals surface area contributed by atoms with Gasteiger partial charge >= 0.3 is 0 Å². The summed E-state index contributed by atoms with van der Waals surface area (Å²) in [6.07, 6.45) is 0. The first-order chi connectivity index (χ1) is 9.08. The molecular formula is C14H22N2O3. The lowest BCUT2D eigenvalue weighted by Crippen LogP contribution is -2.26. The van der Waals surface area contributed by atoms with Crippen LogP contribution in [0.15, 0.2) is 18.2 Å². The number of nitrogens with two attached hydrogens (primary N) is 1. The van der Waals surface area contributed by atoms with Crippen LogP contribution in [0.4, 0.5) is 5.69 Å². The van der Waals surface area contributed by atoms with E-state index >= 15 is 0 Å². The third-order valence-electron chi connectivity index (χ3n) is 2.81. The van der Waals surface area contributed by atoms with Gasteiger partial charge in [0.1, 0.15) is 12.4 Å². The quantitative estimate of drug-likeness (QED) is 0.734. The van der Waals surface area contributed by atoms with Gasteiger partial charge in [0, 0.05) is 25.3 Å². The fourth-order valence-electron chi connectivity index (χ4n) is 1.47. The van der Waals surface area contributed by atoms with Crippen LogP contribution in [0, 0.1) is 12.8 Å². The molecule has 1 unspecified atom stereocenters. The SMILES string of the molecule is COCCOc1ccc(NC(=O)C(C)CN)c(C)c1. The largest absolute Gasteiger partial charge is 0.491 e. The fourth-order valence-corrected chi connectivity index (χ4v) is 1.47. The van der Waals surface area contributed by atoms with Crippen LogP contribution in [0.1, 0.15) is 12.5 Å². The number of benzene rings is 1. The molecule has 0 aliphatic carbocycles. The third-order valence-corrected chi connectivity index (χ3v) is 2.81. The Morgan fingerprint density at radius 1 is 1.42 bits per heavy atom. The monoisotopic (exact) mass is 266 g/mol. The van der Waals surface area contributed by atoms with Crippen molar-refractivity contribution in [1.29, 1.82) is 0 Å². The Balaban J connectivity index is 2.64. The molecule has 3 N–H and O–H groups in total. The highest BCUT2D eigenvalue weighted by molar-refractivity contribution is 5.93. The van der Waals surface area contributed by atoms with Crippen molar-refractivity contribution in [2.45, 2.75) is 13.8 Å². The lowest BCUT2D eigenvalue weighted by Gasteiger charge is -2.13. The first-order valence-electron chi connectivity index (χ1n) is 6.31. The van der Waals surface area contributed by atoms with Crippen molar-refractivity contribution in [3.8, 4) is 5.75 Å². The van der Waals surface area contributed by atoms with Crippen LogP contribution in [0.3, 0.4) is 0 Å². The molecule has 106 valence electrons. The average molecular weight is 266 g/mol. The summed E-state index contributed by atoms with van der Waals surface area (Å²) in [7, 11) is 1.63. The normalized spacial score (nSPS) is 12.0. The van der Waals surface area contributed by atoms with Gasteiger partial charge in [-0.3, -0.25) is 4.79 Å². The first-order valence-corrected chi connectivity index (χ1v) is 6.31. The molecule has 1 rings (SSSR count). The molecule has 0 spiro atoms. The van der Waals surface area contributed by atoms with Crippen molar-refractivity contribution in [2.24, 2.45) is 11.7 Å². The Morgan fingerprint density at radius 2 is 2.16 bits per heavy atom. The Labute approximate surface area is 114 Å². The molecule has 0 aromatic heterocycles. The van der Waals surface area contributed by atoms with Gasteiger partial charge in [-0.15, -0.1) is 0 Å². The first kappa shape index (κ1) is 15.5. The second-order valence-corrected chi connectivity index (χ2v) is 4.44. The Hall–Kier alpha value is -1.59. The average Bonchev–Trinajstić information content (AvgIpc) is 2.41. The van der Waals surface area contributed by atoms with Crippen molar-refractivity contribution in [3.05, 3.63) is 23.8 Å². The molecule has 0 aliphatic heterocycles. The molecule has 0 fully saturated rings. The highest BCUT2D eigenvalue weighted by atomic mass is 16.5. The van der Waals surface area contributed by atoms with Gasteiger partial charge in [-0.2, -0.15) is 0 Å². The summed E-state index contributed by atoms with van der Waals surface area (Å²) in [6, 6.07) is 5.54. The lowest BCUT2D eigenvalue weighted by molar-refractivity contribution is -0.119. The van der Waals surface area contributed by atoms with Gasteiger partial charge in [0.25, 0.3) is 0 Å². The van der Waals surface area contributed by atoms with Gasteiger partial charge < -0.3 is 20.5 Å². The predicted molar refractivity (Wildman–Crippen MR) is 75.4 cm³/mol. The molecule has 0 heterocycles. The van der Waals surface area contributed by atoms with E-state index in [0.717, 1.165) is 17.0 Å². The summed E-state index contributed by atoms with van der Waals surface area (Å²) in [4.78, 5) is 11.8. The molecule has 0 bridgehead atoms. The van der Waals surface area contributed by atoms with Crippen LogP contribution in [-0.4, -0.2) is 32.8 Å². The highest BCUT2D eigenvalue weighted by Gasteiger charge is 2.12. The highest BCUT2D eigenvalue weighted by Crippen LogP contribution is 2.21. The Kier molecular flexibility index (Phi) is 6.32. The summed E-state index contributed by atoms with van der Waals surface area (Å²) in [5, 5.41) is 2.86. The maximum absolute atomic E-state index is 11.8. The van der Waals surface area contributed by atoms with E-state index in [1.807, 2.05) is 25.1 Å². The zero-order chi connectivity index (χ0) is 14.3. The van der Waals surface area contributed by atoms with E-state index < -0.39 is 0 Å². The van der Waals surface area contributed by atoms with E-state index in [1.54, 1.807) is 14.0 Å². The van der Waals surface area contributed by atoms with E-state index in [9.17, 15) is 4.79 Å². The number of amides is 1. The standard InChI is InChI=1S/C14H22N2O3/c1-10-8-12(19-7-6-18-3)4-5-13(10)16-14(17)11(2)9-15/h4-5,8,11H,6-7,9,15H2,1-3H3,(H,16,17). The van der Waals surface area contributed by atoms with Crippen LogP contribution in [0.5, 0.6) is 5.75 Å². The minimum absolute atomic E-state index is 0.0707. The van der Waals surface area contributed by atoms with E-state index in [-0.39, 0.29) is 11.8 Å². The molecule has 1 amide bonds. The fraction of sp³-hybridized carbons (Fsp3) is 0.500. The van der Waals surface area contributed by atoms with Crippen molar-refractivity contribution in [3.63, 3.8) is 0 Å². The smallest absolute Gasteiger partial charge is 0.228 e. The van der Waals surface area contributed by atoms with Gasteiger partial charge in [-0.05, 0) is 30.7 Å². The second kappa shape index (κ2) is 7.76. The molecule has 0 radical (unpaired) electrons. The number of hydrogen-bond acceptors (Lipinski definition) is 4. The van der Waals surface area contributed by atoms with Gasteiger partial charge in [0.05, 0.1) is 6.61 Å². The molecule has 19 heavy (non-hydrogen) atoms. The van der Waals surface area contributed by atoms with E-state index in [4.69, 9.17) is 15.2 Å². The molecular weight excluding hydrogens is 244 g/mol. The van der Waals surface area contributed by atoms with E-state index in [2.05, 4.69) is 5.32 Å². The topological polar surface area (TPSA) is 73.6 Å². The third kappa shape index (κ3) is 4.89. The van der Waals surface area contributed by atoms with Crippen LogP contribution in [-0.2, 0) is 9.53 Å². The van der Waals surface area contributed by atoms with E-state index in [0.29, 0.717) is 19.8 Å². The number of aryl methyl sites for hydroxylation is 1. The number of rotatable bonds is 7. The van der Waals surface area contributed by atoms with Crippen LogP contribution in [0.25, 0.3) is 0 Å². The van der Waals surface area contributed by atoms with E-state index in [1.165, 1.54) is 0 Å². The second-order valence-electron chi connectivity index (χ2n) is 4.44. The number of methoxy groups -OCH3 is 1. The maximum Gasteiger partial charge on any atom is 0.228 e. The summed E-state index contributed by atoms with van der Waals surface area (Å²) < 4.78 is 10.4. The molecule has 1 aromatic carbocycles. The molecule has 5 nitrogen and oxygen atoms in total. The molecule has 1 aromatic rings. The number of nitrogens with one attached hydrogen (secondary N) is 1. The number of ether oxygens (including phenoxy) is 2. The number of hydrogen-bond donors (Lipinski definition) is 2. The summed E-state index contributed by atoms with van der Waals surface area (Å²) in [5.74, 6) is 0.495. The summed E-state index contributed by atoms with van der Waals surface area (Å²) in [6.45, 7) is 5.11. The maximum atomic E-state index is 11.8. The summed E-state index contributed by atoms with van der Waals surface area (Å²) in [5.41, 5.74) is 7.20. The van der Waals surface area contributed by atoms with Crippen LogP contribution < -0.4 is 15.8 Å². The number of anilines is 1. The molecule has 0 saturated carbocycles. The summed E-state index contributed by atoms with van der Waals surface area (Å²) >= 11 is 0. The predicted octanol–water partition coefficient (Wildman–Crippen LogP) is 1.55. The van der Waals surface area contributed by atoms with Gasteiger partial charge in [-0.25, -0.2) is 0 Å². The minimum Gasteiger partial charge on any atom is -0.491 e. The molecule has 0 aliphatic rings. The number of carbonyl (C=O) groups excluding carboxylic acids is 1. The number of carbonyl (C=O) groups is 1. The molecule has 1 atom stereocenters. The van der Waals surface area contributed by atoms with Gasteiger partial charge in [0.2, 0.25) is 5.91 Å². The van der Waals surface area contributed by atoms with Crippen LogP contribution in [0.2, 0.25) is 0 Å².